The zero-order valence-corrected chi connectivity index (χ0v) is 20.7. The first-order chi connectivity index (χ1) is 16.5. The monoisotopic (exact) mass is 500 g/mol. The summed E-state index contributed by atoms with van der Waals surface area (Å²) in [5, 5.41) is 12.7. The number of aliphatic hydroxyl groups excluding tert-OH is 1. The van der Waals surface area contributed by atoms with Crippen molar-refractivity contribution < 1.29 is 22.7 Å². The second-order valence-electron chi connectivity index (χ2n) is 9.62. The van der Waals surface area contributed by atoms with Gasteiger partial charge in [-0.05, 0) is 29.7 Å². The molecular formula is C25H29FN4O4S. The van der Waals surface area contributed by atoms with Gasteiger partial charge < -0.3 is 15.0 Å². The van der Waals surface area contributed by atoms with E-state index in [2.05, 4.69) is 10.3 Å². The van der Waals surface area contributed by atoms with Gasteiger partial charge in [0, 0.05) is 18.7 Å². The highest BCUT2D eigenvalue weighted by atomic mass is 32.2. The van der Waals surface area contributed by atoms with Crippen LogP contribution in [0.5, 0.6) is 0 Å². The number of nitrogens with one attached hydrogen (secondary N) is 1. The number of halogens is 1. The minimum atomic E-state index is -3.92. The molecule has 0 saturated heterocycles. The van der Waals surface area contributed by atoms with Crippen molar-refractivity contribution >= 4 is 15.9 Å². The topological polar surface area (TPSA) is 105 Å². The fourth-order valence-electron chi connectivity index (χ4n) is 4.06. The fourth-order valence-corrected chi connectivity index (χ4v) is 5.45. The molecule has 8 nitrogen and oxygen atoms in total. The van der Waals surface area contributed by atoms with E-state index in [1.165, 1.54) is 16.4 Å². The third-order valence-corrected chi connectivity index (χ3v) is 8.06. The third-order valence-electron chi connectivity index (χ3n) is 6.20. The van der Waals surface area contributed by atoms with Crippen molar-refractivity contribution in [1.82, 2.24) is 19.2 Å². The third kappa shape index (κ3) is 5.00. The molecule has 0 radical (unpaired) electrons. The van der Waals surface area contributed by atoms with Crippen molar-refractivity contribution in [2.45, 2.75) is 44.8 Å². The summed E-state index contributed by atoms with van der Waals surface area (Å²) in [6.07, 6.45) is 0. The fraction of sp³-hybridized carbons (Fsp3) is 0.360. The smallest absolute Gasteiger partial charge is 0.272 e. The molecule has 2 aromatic carbocycles. The van der Waals surface area contributed by atoms with Crippen LogP contribution in [0.25, 0.3) is 11.4 Å². The maximum Gasteiger partial charge on any atom is 0.272 e. The van der Waals surface area contributed by atoms with Gasteiger partial charge in [0.1, 0.15) is 11.6 Å². The molecule has 2 heterocycles. The van der Waals surface area contributed by atoms with Crippen LogP contribution in [0.2, 0.25) is 0 Å². The van der Waals surface area contributed by atoms with Gasteiger partial charge in [0.2, 0.25) is 10.0 Å². The summed E-state index contributed by atoms with van der Waals surface area (Å²) in [5.74, 6) is -0.434. The molecular weight excluding hydrogens is 471 g/mol. The van der Waals surface area contributed by atoms with Crippen LogP contribution in [-0.4, -0.2) is 52.5 Å². The Hall–Kier alpha value is -3.08. The molecule has 1 aliphatic heterocycles. The number of rotatable bonds is 6. The second-order valence-corrected chi connectivity index (χ2v) is 11.6. The highest BCUT2D eigenvalue weighted by Crippen LogP contribution is 2.30. The molecule has 186 valence electrons. The number of amides is 1. The van der Waals surface area contributed by atoms with E-state index in [0.717, 1.165) is 17.7 Å². The van der Waals surface area contributed by atoms with Gasteiger partial charge in [-0.2, -0.15) is 4.31 Å². The van der Waals surface area contributed by atoms with Crippen LogP contribution >= 0.6 is 0 Å². The van der Waals surface area contributed by atoms with Crippen LogP contribution in [0.15, 0.2) is 59.5 Å². The summed E-state index contributed by atoms with van der Waals surface area (Å²) in [6.45, 7) is 5.87. The molecule has 1 aromatic heterocycles. The van der Waals surface area contributed by atoms with Crippen molar-refractivity contribution in [2.24, 2.45) is 5.41 Å². The van der Waals surface area contributed by atoms with Gasteiger partial charge in [-0.25, -0.2) is 17.8 Å². The Labute approximate surface area is 204 Å². The van der Waals surface area contributed by atoms with Crippen LogP contribution < -0.4 is 5.32 Å². The molecule has 35 heavy (non-hydrogen) atoms. The van der Waals surface area contributed by atoms with Crippen LogP contribution in [0, 0.1) is 11.2 Å². The van der Waals surface area contributed by atoms with E-state index >= 15 is 0 Å². The zero-order chi connectivity index (χ0) is 25.4. The predicted molar refractivity (Wildman–Crippen MR) is 129 cm³/mol. The Morgan fingerprint density at radius 3 is 2.37 bits per heavy atom. The van der Waals surface area contributed by atoms with Crippen molar-refractivity contribution in [1.29, 1.82) is 0 Å². The molecule has 0 aliphatic carbocycles. The van der Waals surface area contributed by atoms with E-state index in [1.54, 1.807) is 0 Å². The maximum absolute atomic E-state index is 13.4. The Morgan fingerprint density at radius 1 is 1.11 bits per heavy atom. The first-order valence-corrected chi connectivity index (χ1v) is 12.8. The van der Waals surface area contributed by atoms with Gasteiger partial charge in [0.25, 0.3) is 5.91 Å². The lowest BCUT2D eigenvalue weighted by Crippen LogP contribution is -2.47. The molecule has 2 N–H and O–H groups in total. The lowest BCUT2D eigenvalue weighted by molar-refractivity contribution is 0.0841. The first kappa shape index (κ1) is 25.0. The Balaban J connectivity index is 1.74. The lowest BCUT2D eigenvalue weighted by atomic mass is 9.87. The summed E-state index contributed by atoms with van der Waals surface area (Å²) in [6, 6.07) is 13.5. The molecule has 0 spiro atoms. The van der Waals surface area contributed by atoms with E-state index in [-0.39, 0.29) is 30.3 Å². The molecule has 1 amide bonds. The van der Waals surface area contributed by atoms with Crippen molar-refractivity contribution in [3.05, 3.63) is 71.8 Å². The number of nitrogens with zero attached hydrogens (tertiary/aromatic N) is 3. The van der Waals surface area contributed by atoms with Gasteiger partial charge in [0.15, 0.2) is 5.69 Å². The summed E-state index contributed by atoms with van der Waals surface area (Å²) in [4.78, 5) is 17.9. The van der Waals surface area contributed by atoms with Crippen molar-refractivity contribution in [2.75, 3.05) is 13.2 Å². The average Bonchev–Trinajstić information content (AvgIpc) is 3.21. The van der Waals surface area contributed by atoms with Gasteiger partial charge in [-0.3, -0.25) is 4.79 Å². The van der Waals surface area contributed by atoms with Gasteiger partial charge in [-0.1, -0.05) is 51.1 Å². The molecule has 0 bridgehead atoms. The molecule has 0 unspecified atom stereocenters. The Kier molecular flexibility index (Phi) is 6.81. The maximum atomic E-state index is 13.4. The summed E-state index contributed by atoms with van der Waals surface area (Å²) < 4.78 is 43.0. The number of benzene rings is 2. The second kappa shape index (κ2) is 9.52. The largest absolute Gasteiger partial charge is 0.394 e. The molecule has 10 heteroatoms. The SMILES string of the molecule is CC(C)(C)[C@@H](CO)NC(=O)c1nc(-c2ccccc2)n2c1CN(S(=O)(=O)c1ccc(F)cc1)CC2. The number of carbonyl (C=O) groups excluding carboxylic acids is 1. The summed E-state index contributed by atoms with van der Waals surface area (Å²) >= 11 is 0. The minimum absolute atomic E-state index is 0.0192. The van der Waals surface area contributed by atoms with Crippen LogP contribution in [-0.2, 0) is 23.1 Å². The lowest BCUT2D eigenvalue weighted by Gasteiger charge is -2.30. The Bertz CT molecular complexity index is 1320. The van der Waals surface area contributed by atoms with Crippen molar-refractivity contribution in [3.63, 3.8) is 0 Å². The van der Waals surface area contributed by atoms with E-state index < -0.39 is 33.2 Å². The molecule has 4 rings (SSSR count). The highest BCUT2D eigenvalue weighted by molar-refractivity contribution is 7.89. The predicted octanol–water partition coefficient (Wildman–Crippen LogP) is 3.03. The molecule has 0 fully saturated rings. The average molecular weight is 501 g/mol. The molecule has 1 aliphatic rings. The van der Waals surface area contributed by atoms with Crippen LogP contribution in [0.4, 0.5) is 4.39 Å². The number of aromatic nitrogens is 2. The summed E-state index contributed by atoms with van der Waals surface area (Å²) in [5.41, 5.74) is 0.983. The minimum Gasteiger partial charge on any atom is -0.394 e. The number of hydrogen-bond acceptors (Lipinski definition) is 5. The normalized spacial score (nSPS) is 15.5. The number of sulfonamides is 1. The zero-order valence-electron chi connectivity index (χ0n) is 19.9. The van der Waals surface area contributed by atoms with Gasteiger partial charge in [0.05, 0.1) is 29.8 Å². The van der Waals surface area contributed by atoms with Crippen LogP contribution in [0.1, 0.15) is 37.0 Å². The Morgan fingerprint density at radius 2 is 1.77 bits per heavy atom. The van der Waals surface area contributed by atoms with E-state index in [0.29, 0.717) is 18.1 Å². The number of fused-ring (bicyclic) bond motifs is 1. The van der Waals surface area contributed by atoms with Gasteiger partial charge in [-0.15, -0.1) is 0 Å². The number of aliphatic hydroxyl groups is 1. The number of hydrogen-bond donors (Lipinski definition) is 2. The number of imidazole rings is 1. The molecule has 0 saturated carbocycles. The number of carbonyl (C=O) groups is 1. The molecule has 1 atom stereocenters. The van der Waals surface area contributed by atoms with E-state index in [9.17, 15) is 22.7 Å². The quantitative estimate of drug-likeness (QED) is 0.542. The van der Waals surface area contributed by atoms with E-state index in [4.69, 9.17) is 0 Å². The standard InChI is InChI=1S/C25H29FN4O4S/c1-25(2,3)21(16-31)27-24(32)22-20-15-29(35(33,34)19-11-9-18(26)10-12-19)13-14-30(20)23(28-22)17-7-5-4-6-8-17/h4-12,21,31H,13-16H2,1-3H3,(H,27,32)/t21-/m1/s1. The van der Waals surface area contributed by atoms with Crippen molar-refractivity contribution in [3.8, 4) is 11.4 Å². The first-order valence-electron chi connectivity index (χ1n) is 11.3. The van der Waals surface area contributed by atoms with Gasteiger partial charge >= 0.3 is 0 Å². The van der Waals surface area contributed by atoms with Crippen LogP contribution in [0.3, 0.4) is 0 Å². The summed E-state index contributed by atoms with van der Waals surface area (Å²) in [7, 11) is -3.92. The molecule has 3 aromatic rings. The highest BCUT2D eigenvalue weighted by Gasteiger charge is 2.35. The van der Waals surface area contributed by atoms with E-state index in [1.807, 2.05) is 55.7 Å².